The minimum absolute atomic E-state index is 0.196. The molecule has 1 amide bonds. The third kappa shape index (κ3) is 4.01. The highest BCUT2D eigenvalue weighted by Crippen LogP contribution is 2.45. The number of halogens is 2. The SMILES string of the molecule is CC1(c2nc(-c3ccccc3NC(=O)c3ccccn3)no2)CCC(F)(F)CC1. The Balaban J connectivity index is 1.58. The van der Waals surface area contributed by atoms with Crippen LogP contribution in [0.5, 0.6) is 0 Å². The Labute approximate surface area is 166 Å². The summed E-state index contributed by atoms with van der Waals surface area (Å²) in [6.45, 7) is 1.87. The van der Waals surface area contributed by atoms with E-state index in [0.717, 1.165) is 0 Å². The number of rotatable bonds is 4. The van der Waals surface area contributed by atoms with Gasteiger partial charge in [-0.15, -0.1) is 0 Å². The van der Waals surface area contributed by atoms with Gasteiger partial charge in [-0.2, -0.15) is 4.98 Å². The van der Waals surface area contributed by atoms with Crippen LogP contribution in [0.1, 0.15) is 49.0 Å². The summed E-state index contributed by atoms with van der Waals surface area (Å²) in [7, 11) is 0. The fourth-order valence-electron chi connectivity index (χ4n) is 3.43. The van der Waals surface area contributed by atoms with E-state index in [4.69, 9.17) is 4.52 Å². The molecule has 29 heavy (non-hydrogen) atoms. The van der Waals surface area contributed by atoms with E-state index in [-0.39, 0.29) is 37.3 Å². The summed E-state index contributed by atoms with van der Waals surface area (Å²) in [6, 6.07) is 12.1. The van der Waals surface area contributed by atoms with Crippen LogP contribution in [-0.4, -0.2) is 27.0 Å². The maximum atomic E-state index is 13.5. The molecule has 0 atom stereocenters. The molecule has 2 aromatic heterocycles. The van der Waals surface area contributed by atoms with Gasteiger partial charge in [0.25, 0.3) is 5.91 Å². The average Bonchev–Trinajstić information content (AvgIpc) is 3.22. The van der Waals surface area contributed by atoms with Crippen LogP contribution < -0.4 is 5.32 Å². The topological polar surface area (TPSA) is 80.9 Å². The summed E-state index contributed by atoms with van der Waals surface area (Å²) in [5.74, 6) is -2.35. The molecule has 3 aromatic rings. The Morgan fingerprint density at radius 2 is 1.79 bits per heavy atom. The third-order valence-electron chi connectivity index (χ3n) is 5.34. The third-order valence-corrected chi connectivity index (χ3v) is 5.34. The normalized spacial score (nSPS) is 17.6. The van der Waals surface area contributed by atoms with E-state index in [1.165, 1.54) is 0 Å². The molecule has 1 aromatic carbocycles. The standard InChI is InChI=1S/C21H20F2N4O2/c1-20(9-11-21(22,23)12-10-20)19-26-17(27-29-19)14-6-2-3-7-15(14)25-18(28)16-8-4-5-13-24-16/h2-8,13H,9-12H2,1H3,(H,25,28). The number of para-hydroxylation sites is 1. The molecule has 0 unspecified atom stereocenters. The first-order valence-corrected chi connectivity index (χ1v) is 9.40. The van der Waals surface area contributed by atoms with Gasteiger partial charge < -0.3 is 9.84 Å². The van der Waals surface area contributed by atoms with Crippen molar-refractivity contribution >= 4 is 11.6 Å². The van der Waals surface area contributed by atoms with E-state index in [1.54, 1.807) is 48.7 Å². The molecule has 0 bridgehead atoms. The van der Waals surface area contributed by atoms with Gasteiger partial charge in [0.1, 0.15) is 5.69 Å². The number of carbonyl (C=O) groups is 1. The van der Waals surface area contributed by atoms with Crippen molar-refractivity contribution < 1.29 is 18.1 Å². The summed E-state index contributed by atoms with van der Waals surface area (Å²) < 4.78 is 32.5. The molecule has 6 nitrogen and oxygen atoms in total. The van der Waals surface area contributed by atoms with Crippen LogP contribution in [0.2, 0.25) is 0 Å². The molecule has 2 heterocycles. The van der Waals surface area contributed by atoms with E-state index in [1.807, 2.05) is 6.92 Å². The van der Waals surface area contributed by atoms with E-state index in [0.29, 0.717) is 23.0 Å². The molecule has 1 saturated carbocycles. The summed E-state index contributed by atoms with van der Waals surface area (Å²) in [4.78, 5) is 21.0. The van der Waals surface area contributed by atoms with Gasteiger partial charge in [-0.05, 0) is 37.1 Å². The Bertz CT molecular complexity index is 1010. The molecule has 0 saturated heterocycles. The Hall–Kier alpha value is -3.16. The van der Waals surface area contributed by atoms with E-state index in [9.17, 15) is 13.6 Å². The van der Waals surface area contributed by atoms with Crippen LogP contribution in [0.4, 0.5) is 14.5 Å². The zero-order valence-corrected chi connectivity index (χ0v) is 15.9. The lowest BCUT2D eigenvalue weighted by atomic mass is 9.74. The quantitative estimate of drug-likeness (QED) is 0.679. The summed E-state index contributed by atoms with van der Waals surface area (Å²) in [5, 5.41) is 6.86. The molecule has 0 spiro atoms. The van der Waals surface area contributed by atoms with Crippen molar-refractivity contribution in [3.63, 3.8) is 0 Å². The summed E-state index contributed by atoms with van der Waals surface area (Å²) in [6.07, 6.45) is 1.70. The number of anilines is 1. The van der Waals surface area contributed by atoms with Crippen molar-refractivity contribution in [1.29, 1.82) is 0 Å². The molecule has 1 fully saturated rings. The second-order valence-corrected chi connectivity index (χ2v) is 7.55. The van der Waals surface area contributed by atoms with Crippen molar-refractivity contribution in [3.8, 4) is 11.4 Å². The number of carbonyl (C=O) groups excluding carboxylic acids is 1. The van der Waals surface area contributed by atoms with Crippen molar-refractivity contribution in [3.05, 3.63) is 60.2 Å². The number of hydrogen-bond acceptors (Lipinski definition) is 5. The van der Waals surface area contributed by atoms with Gasteiger partial charge in [0.05, 0.1) is 5.69 Å². The number of amides is 1. The number of benzene rings is 1. The van der Waals surface area contributed by atoms with Gasteiger partial charge in [0, 0.05) is 30.0 Å². The lowest BCUT2D eigenvalue weighted by molar-refractivity contribution is -0.0532. The summed E-state index contributed by atoms with van der Waals surface area (Å²) >= 11 is 0. The monoisotopic (exact) mass is 398 g/mol. The lowest BCUT2D eigenvalue weighted by Gasteiger charge is -2.34. The fraction of sp³-hybridized carbons (Fsp3) is 0.333. The smallest absolute Gasteiger partial charge is 0.274 e. The maximum Gasteiger partial charge on any atom is 0.274 e. The Morgan fingerprint density at radius 1 is 1.07 bits per heavy atom. The first-order chi connectivity index (χ1) is 13.9. The van der Waals surface area contributed by atoms with Crippen LogP contribution in [0.3, 0.4) is 0 Å². The number of nitrogens with one attached hydrogen (secondary N) is 1. The highest BCUT2D eigenvalue weighted by molar-refractivity contribution is 6.04. The minimum atomic E-state index is -2.63. The highest BCUT2D eigenvalue weighted by Gasteiger charge is 2.44. The zero-order chi connectivity index (χ0) is 20.5. The predicted molar refractivity (Wildman–Crippen MR) is 103 cm³/mol. The fourth-order valence-corrected chi connectivity index (χ4v) is 3.43. The van der Waals surface area contributed by atoms with Crippen molar-refractivity contribution in [2.45, 2.75) is 43.9 Å². The van der Waals surface area contributed by atoms with Gasteiger partial charge in [-0.25, -0.2) is 8.78 Å². The van der Waals surface area contributed by atoms with Crippen LogP contribution in [0, 0.1) is 0 Å². The first-order valence-electron chi connectivity index (χ1n) is 9.40. The highest BCUT2D eigenvalue weighted by atomic mass is 19.3. The molecule has 1 aliphatic carbocycles. The number of alkyl halides is 2. The van der Waals surface area contributed by atoms with E-state index < -0.39 is 11.3 Å². The van der Waals surface area contributed by atoms with Crippen molar-refractivity contribution in [2.24, 2.45) is 0 Å². The van der Waals surface area contributed by atoms with Gasteiger partial charge in [0.15, 0.2) is 0 Å². The first kappa shape index (κ1) is 19.2. The Morgan fingerprint density at radius 3 is 2.52 bits per heavy atom. The molecular weight excluding hydrogens is 378 g/mol. The second-order valence-electron chi connectivity index (χ2n) is 7.55. The zero-order valence-electron chi connectivity index (χ0n) is 15.9. The maximum absolute atomic E-state index is 13.5. The molecule has 4 rings (SSSR count). The number of hydrogen-bond donors (Lipinski definition) is 1. The predicted octanol–water partition coefficient (Wildman–Crippen LogP) is 4.85. The van der Waals surface area contributed by atoms with E-state index >= 15 is 0 Å². The van der Waals surface area contributed by atoms with Crippen LogP contribution in [0.25, 0.3) is 11.4 Å². The van der Waals surface area contributed by atoms with E-state index in [2.05, 4.69) is 20.4 Å². The molecular formula is C21H20F2N4O2. The van der Waals surface area contributed by atoms with Crippen LogP contribution >= 0.6 is 0 Å². The molecule has 8 heteroatoms. The largest absolute Gasteiger partial charge is 0.338 e. The van der Waals surface area contributed by atoms with Gasteiger partial charge in [0.2, 0.25) is 17.6 Å². The minimum Gasteiger partial charge on any atom is -0.338 e. The van der Waals surface area contributed by atoms with Crippen LogP contribution in [0.15, 0.2) is 53.2 Å². The summed E-state index contributed by atoms with van der Waals surface area (Å²) in [5.41, 5.74) is 0.790. The number of pyridine rings is 1. The van der Waals surface area contributed by atoms with Crippen LogP contribution in [-0.2, 0) is 5.41 Å². The Kier molecular flexibility index (Phi) is 4.86. The van der Waals surface area contributed by atoms with Gasteiger partial charge >= 0.3 is 0 Å². The lowest BCUT2D eigenvalue weighted by Crippen LogP contribution is -2.34. The second kappa shape index (κ2) is 7.35. The molecule has 0 aliphatic heterocycles. The van der Waals surface area contributed by atoms with Gasteiger partial charge in [-0.1, -0.05) is 30.3 Å². The molecule has 1 N–H and O–H groups in total. The molecule has 1 aliphatic rings. The average molecular weight is 398 g/mol. The molecule has 150 valence electrons. The van der Waals surface area contributed by atoms with Gasteiger partial charge in [-0.3, -0.25) is 9.78 Å². The number of nitrogens with zero attached hydrogens (tertiary/aromatic N) is 3. The number of aromatic nitrogens is 3. The van der Waals surface area contributed by atoms with Crippen molar-refractivity contribution in [2.75, 3.05) is 5.32 Å². The molecule has 0 radical (unpaired) electrons. The van der Waals surface area contributed by atoms with Crippen molar-refractivity contribution in [1.82, 2.24) is 15.1 Å².